The van der Waals surface area contributed by atoms with E-state index >= 15 is 0 Å². The number of thiophene rings is 1. The Labute approximate surface area is 204 Å². The van der Waals surface area contributed by atoms with Gasteiger partial charge in [0.2, 0.25) is 0 Å². The number of alkyl halides is 5. The zero-order chi connectivity index (χ0) is 26.5. The third-order valence-electron chi connectivity index (χ3n) is 4.98. The highest BCUT2D eigenvalue weighted by atomic mass is 32.1. The summed E-state index contributed by atoms with van der Waals surface area (Å²) in [6.07, 6.45) is -1.56. The van der Waals surface area contributed by atoms with Crippen LogP contribution in [-0.2, 0) is 11.8 Å². The molecule has 0 aliphatic carbocycles. The second-order valence-electron chi connectivity index (χ2n) is 7.76. The van der Waals surface area contributed by atoms with Crippen molar-refractivity contribution in [3.63, 3.8) is 0 Å². The Bertz CT molecular complexity index is 1210. The molecule has 1 atom stereocenters. The highest BCUT2D eigenvalue weighted by Crippen LogP contribution is 2.28. The highest BCUT2D eigenvalue weighted by Gasteiger charge is 2.38. The smallest absolute Gasteiger partial charge is 0.475 e. The quantitative estimate of drug-likeness (QED) is 0.363. The molecule has 4 N–H and O–H groups in total. The molecule has 1 fully saturated rings. The minimum absolute atomic E-state index is 0.0152. The number of carboxylic acids is 1. The third kappa shape index (κ3) is 7.07. The zero-order valence-electron chi connectivity index (χ0n) is 18.8. The molecule has 1 amide bonds. The van der Waals surface area contributed by atoms with Crippen LogP contribution in [0.4, 0.5) is 33.5 Å². The van der Waals surface area contributed by atoms with Gasteiger partial charge in [-0.25, -0.2) is 23.5 Å². The molecule has 4 rings (SSSR count). The van der Waals surface area contributed by atoms with Crippen molar-refractivity contribution in [1.82, 2.24) is 25.1 Å². The van der Waals surface area contributed by atoms with Gasteiger partial charge in [-0.05, 0) is 19.4 Å². The SMILES string of the molecule is Cn1cc(NC(=O)c2csc3ncc(N[C@H]4CCCCNC4)nc23)c(C(F)F)n1.O=C(O)C(F)(F)F. The van der Waals surface area contributed by atoms with Gasteiger partial charge in [0.05, 0.1) is 17.4 Å². The van der Waals surface area contributed by atoms with Crippen molar-refractivity contribution >= 4 is 45.1 Å². The number of nitrogens with zero attached hydrogens (tertiary/aromatic N) is 4. The standard InChI is InChI=1S/C18H21F2N7OS.C2HF3O2/c1-27-8-12(15(26-27)16(19)20)24-17(28)11-9-29-18-14(11)25-13(7-22-18)23-10-4-2-3-5-21-6-10;3-2(4,5)1(6)7/h7-10,16,21H,2-6H2,1H3,(H,23,25)(H,24,28);(H,6,7)/t10-;/m0./s1. The van der Waals surface area contributed by atoms with E-state index in [-0.39, 0.29) is 11.7 Å². The molecule has 0 spiro atoms. The number of hydrogen-bond donors (Lipinski definition) is 4. The Kier molecular flexibility index (Phi) is 8.73. The maximum atomic E-state index is 13.1. The number of hydrogen-bond acceptors (Lipinski definition) is 8. The predicted molar refractivity (Wildman–Crippen MR) is 121 cm³/mol. The molecular weight excluding hydrogens is 513 g/mol. The van der Waals surface area contributed by atoms with Crippen molar-refractivity contribution in [2.75, 3.05) is 23.7 Å². The molecule has 16 heteroatoms. The molecule has 0 saturated carbocycles. The largest absolute Gasteiger partial charge is 0.490 e. The highest BCUT2D eigenvalue weighted by molar-refractivity contribution is 7.17. The lowest BCUT2D eigenvalue weighted by atomic mass is 10.1. The van der Waals surface area contributed by atoms with E-state index in [1.807, 2.05) is 0 Å². The molecule has 1 aliphatic rings. The first-order valence-electron chi connectivity index (χ1n) is 10.6. The van der Waals surface area contributed by atoms with Gasteiger partial charge in [-0.2, -0.15) is 18.3 Å². The molecule has 4 heterocycles. The van der Waals surface area contributed by atoms with E-state index in [0.29, 0.717) is 21.7 Å². The van der Waals surface area contributed by atoms with Gasteiger partial charge in [0.25, 0.3) is 12.3 Å². The first kappa shape index (κ1) is 27.2. The van der Waals surface area contributed by atoms with Gasteiger partial charge in [-0.1, -0.05) is 6.42 Å². The second kappa shape index (κ2) is 11.6. The Hall–Kier alpha value is -3.40. The Balaban J connectivity index is 0.000000454. The number of carbonyl (C=O) groups excluding carboxylic acids is 1. The predicted octanol–water partition coefficient (Wildman–Crippen LogP) is 3.80. The number of aliphatic carboxylic acids is 1. The lowest BCUT2D eigenvalue weighted by molar-refractivity contribution is -0.192. The van der Waals surface area contributed by atoms with Crippen LogP contribution in [0.1, 0.15) is 41.7 Å². The zero-order valence-corrected chi connectivity index (χ0v) is 19.6. The number of aromatic nitrogens is 4. The van der Waals surface area contributed by atoms with Gasteiger partial charge in [0.15, 0.2) is 5.69 Å². The summed E-state index contributed by atoms with van der Waals surface area (Å²) in [5, 5.41) is 21.7. The first-order chi connectivity index (χ1) is 17.0. The summed E-state index contributed by atoms with van der Waals surface area (Å²) in [4.78, 5) is 31.2. The number of rotatable bonds is 5. The molecule has 196 valence electrons. The maximum Gasteiger partial charge on any atom is 0.490 e. The summed E-state index contributed by atoms with van der Waals surface area (Å²) in [5.74, 6) is -2.69. The Morgan fingerprint density at radius 2 is 2.03 bits per heavy atom. The van der Waals surface area contributed by atoms with Gasteiger partial charge < -0.3 is 21.1 Å². The van der Waals surface area contributed by atoms with Crippen LogP contribution in [-0.4, -0.2) is 62.0 Å². The number of nitrogens with one attached hydrogen (secondary N) is 3. The Morgan fingerprint density at radius 3 is 2.69 bits per heavy atom. The van der Waals surface area contributed by atoms with Crippen LogP contribution in [0.25, 0.3) is 10.3 Å². The van der Waals surface area contributed by atoms with E-state index in [1.54, 1.807) is 11.6 Å². The molecule has 0 radical (unpaired) electrons. The lowest BCUT2D eigenvalue weighted by Crippen LogP contribution is -2.31. The van der Waals surface area contributed by atoms with Gasteiger partial charge in [0, 0.05) is 31.2 Å². The number of carbonyl (C=O) groups is 2. The first-order valence-corrected chi connectivity index (χ1v) is 11.5. The van der Waals surface area contributed by atoms with E-state index in [2.05, 4.69) is 31.0 Å². The molecule has 0 aromatic carbocycles. The molecule has 0 unspecified atom stereocenters. The fraction of sp³-hybridized carbons (Fsp3) is 0.450. The number of carboxylic acid groups (broad SMARTS) is 1. The fourth-order valence-corrected chi connectivity index (χ4v) is 4.17. The molecule has 1 aliphatic heterocycles. The number of fused-ring (bicyclic) bond motifs is 1. The fourth-order valence-electron chi connectivity index (χ4n) is 3.35. The van der Waals surface area contributed by atoms with Gasteiger partial charge in [0.1, 0.15) is 16.2 Å². The third-order valence-corrected chi connectivity index (χ3v) is 5.86. The number of aryl methyl sites for hydroxylation is 1. The van der Waals surface area contributed by atoms with E-state index < -0.39 is 30.2 Å². The van der Waals surface area contributed by atoms with Gasteiger partial charge >= 0.3 is 12.1 Å². The van der Waals surface area contributed by atoms with Crippen LogP contribution in [0, 0.1) is 0 Å². The summed E-state index contributed by atoms with van der Waals surface area (Å²) in [6, 6.07) is 0.240. The van der Waals surface area contributed by atoms with E-state index in [9.17, 15) is 26.7 Å². The molecule has 3 aromatic rings. The number of anilines is 2. The van der Waals surface area contributed by atoms with Crippen molar-refractivity contribution in [3.05, 3.63) is 29.0 Å². The average Bonchev–Trinajstić information content (AvgIpc) is 3.28. The summed E-state index contributed by atoms with van der Waals surface area (Å²) in [6.45, 7) is 1.85. The lowest BCUT2D eigenvalue weighted by Gasteiger charge is -2.16. The molecular formula is C20H22F5N7O3S. The van der Waals surface area contributed by atoms with Crippen molar-refractivity contribution in [1.29, 1.82) is 0 Å². The van der Waals surface area contributed by atoms with Crippen molar-refractivity contribution in [2.24, 2.45) is 7.05 Å². The minimum Gasteiger partial charge on any atom is -0.475 e. The van der Waals surface area contributed by atoms with Crippen molar-refractivity contribution < 1.29 is 36.6 Å². The number of halogens is 5. The van der Waals surface area contributed by atoms with E-state index in [4.69, 9.17) is 9.90 Å². The van der Waals surface area contributed by atoms with Crippen molar-refractivity contribution in [3.8, 4) is 0 Å². The summed E-state index contributed by atoms with van der Waals surface area (Å²) in [7, 11) is 1.52. The number of amides is 1. The molecule has 3 aromatic heterocycles. The van der Waals surface area contributed by atoms with Crippen LogP contribution < -0.4 is 16.0 Å². The van der Waals surface area contributed by atoms with Crippen LogP contribution in [0.15, 0.2) is 17.8 Å². The molecule has 10 nitrogen and oxygen atoms in total. The Morgan fingerprint density at radius 1 is 1.31 bits per heavy atom. The maximum absolute atomic E-state index is 13.1. The van der Waals surface area contributed by atoms with Crippen LogP contribution in [0.3, 0.4) is 0 Å². The normalized spacial score (nSPS) is 16.2. The molecule has 0 bridgehead atoms. The van der Waals surface area contributed by atoms with Gasteiger partial charge in [-0.15, -0.1) is 11.3 Å². The van der Waals surface area contributed by atoms with Crippen LogP contribution in [0.5, 0.6) is 0 Å². The van der Waals surface area contributed by atoms with Crippen LogP contribution >= 0.6 is 11.3 Å². The monoisotopic (exact) mass is 535 g/mol. The summed E-state index contributed by atoms with van der Waals surface area (Å²) < 4.78 is 59.2. The molecule has 1 saturated heterocycles. The summed E-state index contributed by atoms with van der Waals surface area (Å²) >= 11 is 1.28. The summed E-state index contributed by atoms with van der Waals surface area (Å²) in [5.41, 5.74) is 0.263. The topological polar surface area (TPSA) is 134 Å². The minimum atomic E-state index is -5.08. The average molecular weight is 535 g/mol. The molecule has 36 heavy (non-hydrogen) atoms. The van der Waals surface area contributed by atoms with Gasteiger partial charge in [-0.3, -0.25) is 9.48 Å². The van der Waals surface area contributed by atoms with Crippen molar-refractivity contribution in [2.45, 2.75) is 37.9 Å². The second-order valence-corrected chi connectivity index (χ2v) is 8.62. The van der Waals surface area contributed by atoms with E-state index in [1.165, 1.54) is 29.3 Å². The van der Waals surface area contributed by atoms with E-state index in [0.717, 1.165) is 32.4 Å². The van der Waals surface area contributed by atoms with Crippen LogP contribution in [0.2, 0.25) is 0 Å².